The van der Waals surface area contributed by atoms with Crippen LogP contribution in [0.1, 0.15) is 22.5 Å². The van der Waals surface area contributed by atoms with Crippen LogP contribution in [0.2, 0.25) is 0 Å². The predicted molar refractivity (Wildman–Crippen MR) is 118 cm³/mol. The van der Waals surface area contributed by atoms with E-state index in [4.69, 9.17) is 0 Å². The first-order valence-electron chi connectivity index (χ1n) is 9.78. The Morgan fingerprint density at radius 3 is 2.13 bits per heavy atom. The number of carbonyl (C=O) groups excluding carboxylic acids is 1. The standard InChI is InChI=1S/C23H23N5OS/c1-17-13-18(2)28-22(24-17)25-26-23(28)30-16-21(29)27(14-19-9-5-3-6-10-19)15-20-11-7-4-8-12-20/h3-13H,14-16H2,1-2H3. The number of nitrogens with zero attached hydrogens (tertiary/aromatic N) is 5. The molecule has 0 aliphatic heterocycles. The molecule has 6 nitrogen and oxygen atoms in total. The summed E-state index contributed by atoms with van der Waals surface area (Å²) in [5.41, 5.74) is 4.12. The molecule has 4 aromatic rings. The van der Waals surface area contributed by atoms with Crippen LogP contribution in [-0.2, 0) is 17.9 Å². The van der Waals surface area contributed by atoms with Crippen LogP contribution in [0, 0.1) is 13.8 Å². The molecule has 2 aromatic carbocycles. The van der Waals surface area contributed by atoms with E-state index in [9.17, 15) is 4.79 Å². The molecule has 2 heterocycles. The summed E-state index contributed by atoms with van der Waals surface area (Å²) >= 11 is 1.39. The maximum absolute atomic E-state index is 13.2. The molecule has 152 valence electrons. The molecule has 0 saturated heterocycles. The third-order valence-electron chi connectivity index (χ3n) is 4.77. The van der Waals surface area contributed by atoms with Crippen LogP contribution >= 0.6 is 11.8 Å². The zero-order chi connectivity index (χ0) is 20.9. The minimum atomic E-state index is 0.0576. The lowest BCUT2D eigenvalue weighted by Gasteiger charge is -2.23. The quantitative estimate of drug-likeness (QED) is 0.424. The lowest BCUT2D eigenvalue weighted by atomic mass is 10.1. The lowest BCUT2D eigenvalue weighted by molar-refractivity contribution is -0.129. The Labute approximate surface area is 180 Å². The van der Waals surface area contributed by atoms with Crippen molar-refractivity contribution >= 4 is 23.4 Å². The number of aryl methyl sites for hydroxylation is 2. The van der Waals surface area contributed by atoms with Crippen molar-refractivity contribution < 1.29 is 4.79 Å². The van der Waals surface area contributed by atoms with E-state index < -0.39 is 0 Å². The van der Waals surface area contributed by atoms with E-state index in [-0.39, 0.29) is 11.7 Å². The molecule has 0 radical (unpaired) electrons. The number of aromatic nitrogens is 4. The third kappa shape index (κ3) is 4.68. The van der Waals surface area contributed by atoms with Gasteiger partial charge in [-0.1, -0.05) is 72.4 Å². The van der Waals surface area contributed by atoms with Crippen LogP contribution in [0.4, 0.5) is 0 Å². The topological polar surface area (TPSA) is 63.4 Å². The van der Waals surface area contributed by atoms with E-state index in [0.717, 1.165) is 22.5 Å². The molecule has 0 atom stereocenters. The molecule has 2 aromatic heterocycles. The van der Waals surface area contributed by atoms with Crippen molar-refractivity contribution in [3.63, 3.8) is 0 Å². The number of benzene rings is 2. The van der Waals surface area contributed by atoms with Crippen LogP contribution in [0.15, 0.2) is 71.9 Å². The molecule has 0 unspecified atom stereocenters. The van der Waals surface area contributed by atoms with Crippen molar-refractivity contribution in [3.05, 3.63) is 89.2 Å². The summed E-state index contributed by atoms with van der Waals surface area (Å²) in [7, 11) is 0. The number of thioether (sulfide) groups is 1. The first-order chi connectivity index (χ1) is 14.6. The van der Waals surface area contributed by atoms with E-state index in [2.05, 4.69) is 15.2 Å². The summed E-state index contributed by atoms with van der Waals surface area (Å²) in [5, 5.41) is 9.08. The average Bonchev–Trinajstić information content (AvgIpc) is 3.16. The smallest absolute Gasteiger partial charge is 0.256 e. The Bertz CT molecular complexity index is 1100. The van der Waals surface area contributed by atoms with Gasteiger partial charge in [0.05, 0.1) is 5.75 Å². The molecule has 30 heavy (non-hydrogen) atoms. The molecular weight excluding hydrogens is 394 g/mol. The van der Waals surface area contributed by atoms with Gasteiger partial charge in [-0.3, -0.25) is 9.20 Å². The SMILES string of the molecule is Cc1cc(C)n2c(SCC(=O)N(Cc3ccccc3)Cc3ccccc3)nnc2n1. The van der Waals surface area contributed by atoms with Crippen LogP contribution in [0.5, 0.6) is 0 Å². The van der Waals surface area contributed by atoms with Gasteiger partial charge >= 0.3 is 0 Å². The fourth-order valence-electron chi connectivity index (χ4n) is 3.35. The average molecular weight is 418 g/mol. The monoisotopic (exact) mass is 417 g/mol. The highest BCUT2D eigenvalue weighted by Gasteiger charge is 2.18. The number of carbonyl (C=O) groups is 1. The molecule has 4 rings (SSSR count). The summed E-state index contributed by atoms with van der Waals surface area (Å²) in [5.74, 6) is 0.906. The van der Waals surface area contributed by atoms with Gasteiger partial charge in [-0.15, -0.1) is 10.2 Å². The summed E-state index contributed by atoms with van der Waals surface area (Å²) in [6, 6.07) is 22.1. The van der Waals surface area contributed by atoms with Crippen LogP contribution < -0.4 is 0 Å². The molecule has 0 saturated carbocycles. The molecule has 0 N–H and O–H groups in total. The van der Waals surface area contributed by atoms with E-state index >= 15 is 0 Å². The molecule has 0 aliphatic carbocycles. The fraction of sp³-hybridized carbons (Fsp3) is 0.217. The molecule has 0 bridgehead atoms. The van der Waals surface area contributed by atoms with Crippen molar-refractivity contribution in [1.82, 2.24) is 24.5 Å². The second kappa shape index (κ2) is 9.09. The summed E-state index contributed by atoms with van der Waals surface area (Å²) < 4.78 is 1.89. The maximum Gasteiger partial charge on any atom is 0.256 e. The lowest BCUT2D eigenvalue weighted by Crippen LogP contribution is -2.31. The number of hydrogen-bond donors (Lipinski definition) is 0. The summed E-state index contributed by atoms with van der Waals surface area (Å²) in [4.78, 5) is 19.5. The molecule has 0 fully saturated rings. The number of hydrogen-bond acceptors (Lipinski definition) is 5. The Hall–Kier alpha value is -3.19. The van der Waals surface area contributed by atoms with E-state index in [1.165, 1.54) is 11.8 Å². The molecule has 0 aliphatic rings. The highest BCUT2D eigenvalue weighted by Crippen LogP contribution is 2.20. The van der Waals surface area contributed by atoms with Gasteiger partial charge in [0.15, 0.2) is 5.16 Å². The number of amides is 1. The van der Waals surface area contributed by atoms with E-state index in [1.54, 1.807) is 0 Å². The third-order valence-corrected chi connectivity index (χ3v) is 5.69. The number of rotatable bonds is 7. The van der Waals surface area contributed by atoms with E-state index in [1.807, 2.05) is 89.9 Å². The van der Waals surface area contributed by atoms with E-state index in [0.29, 0.717) is 24.0 Å². The van der Waals surface area contributed by atoms with Gasteiger partial charge in [0.2, 0.25) is 5.91 Å². The van der Waals surface area contributed by atoms with Crippen molar-refractivity contribution in [2.24, 2.45) is 0 Å². The second-order valence-electron chi connectivity index (χ2n) is 7.17. The minimum absolute atomic E-state index is 0.0576. The highest BCUT2D eigenvalue weighted by atomic mass is 32.2. The van der Waals surface area contributed by atoms with Gasteiger partial charge in [-0.05, 0) is 31.0 Å². The Morgan fingerprint density at radius 1 is 0.933 bits per heavy atom. The maximum atomic E-state index is 13.2. The zero-order valence-electron chi connectivity index (χ0n) is 17.0. The van der Waals surface area contributed by atoms with Crippen LogP contribution in [-0.4, -0.2) is 36.1 Å². The van der Waals surface area contributed by atoms with Crippen LogP contribution in [0.25, 0.3) is 5.78 Å². The largest absolute Gasteiger partial charge is 0.333 e. The molecule has 7 heteroatoms. The Kier molecular flexibility index (Phi) is 6.09. The van der Waals surface area contributed by atoms with Gasteiger partial charge in [0, 0.05) is 24.5 Å². The predicted octanol–water partition coefficient (Wildman–Crippen LogP) is 4.06. The van der Waals surface area contributed by atoms with Gasteiger partial charge in [0.25, 0.3) is 5.78 Å². The highest BCUT2D eigenvalue weighted by molar-refractivity contribution is 7.99. The normalized spacial score (nSPS) is 11.0. The zero-order valence-corrected chi connectivity index (χ0v) is 17.8. The fourth-order valence-corrected chi connectivity index (χ4v) is 4.24. The Morgan fingerprint density at radius 2 is 1.53 bits per heavy atom. The molecular formula is C23H23N5OS. The van der Waals surface area contributed by atoms with Crippen molar-refractivity contribution in [2.45, 2.75) is 32.1 Å². The van der Waals surface area contributed by atoms with Crippen molar-refractivity contribution in [1.29, 1.82) is 0 Å². The molecule has 1 amide bonds. The molecule has 0 spiro atoms. The van der Waals surface area contributed by atoms with Gasteiger partial charge in [-0.2, -0.15) is 0 Å². The Balaban J connectivity index is 1.51. The first kappa shape index (κ1) is 20.1. The minimum Gasteiger partial charge on any atom is -0.333 e. The van der Waals surface area contributed by atoms with Gasteiger partial charge in [0.1, 0.15) is 0 Å². The van der Waals surface area contributed by atoms with Crippen molar-refractivity contribution in [3.8, 4) is 0 Å². The van der Waals surface area contributed by atoms with Crippen molar-refractivity contribution in [2.75, 3.05) is 5.75 Å². The number of fused-ring (bicyclic) bond motifs is 1. The first-order valence-corrected chi connectivity index (χ1v) is 10.8. The summed E-state index contributed by atoms with van der Waals surface area (Å²) in [6.07, 6.45) is 0. The van der Waals surface area contributed by atoms with Gasteiger partial charge < -0.3 is 4.90 Å². The van der Waals surface area contributed by atoms with Crippen LogP contribution in [0.3, 0.4) is 0 Å². The second-order valence-corrected chi connectivity index (χ2v) is 8.11. The summed E-state index contributed by atoms with van der Waals surface area (Å²) in [6.45, 7) is 5.06. The van der Waals surface area contributed by atoms with Gasteiger partial charge in [-0.25, -0.2) is 4.98 Å².